The van der Waals surface area contributed by atoms with E-state index in [4.69, 9.17) is 33.3 Å². The Labute approximate surface area is 388 Å². The fourth-order valence-corrected chi connectivity index (χ4v) is 5.72. The van der Waals surface area contributed by atoms with Gasteiger partial charge in [-0.25, -0.2) is 38.7 Å². The van der Waals surface area contributed by atoms with Crippen molar-refractivity contribution in [2.45, 2.75) is 151 Å². The first kappa shape index (κ1) is 53.9. The lowest BCUT2D eigenvalue weighted by Gasteiger charge is -2.28. The van der Waals surface area contributed by atoms with Crippen molar-refractivity contribution in [1.82, 2.24) is 19.9 Å². The molecule has 22 heteroatoms. The average molecular weight is 946 g/mol. The molecule has 0 radical (unpaired) electrons. The van der Waals surface area contributed by atoms with Gasteiger partial charge in [0.1, 0.15) is 46.1 Å². The normalized spacial score (nSPS) is 12.9. The molecule has 1 aromatic carbocycles. The highest BCUT2D eigenvalue weighted by molar-refractivity contribution is 7.14. The number of carbonyl (C=O) groups is 6. The van der Waals surface area contributed by atoms with E-state index >= 15 is 0 Å². The Morgan fingerprint density at radius 2 is 1.27 bits per heavy atom. The standard InChI is InChI=1S/C44H63N7O14S/c1-40(2,3)60-33(54)30(65-49-31(32(52)53)29-25-66-34(46-29)48-37(56)62-42(7,8)9)24-59-27-19-17-26(18-20-27)28-23-50(22-16-21-45-36(55)61-41(4,5)6)35(47-28)51(38(57)63-43(10,11)12)39(58)64-44(13,14)15/h17-20,23,25,30H,16,21-22,24H2,1-15H3,(H,45,55)(H,52,53)(H,46,48,56)/b49-31-/t30-/m0/s1. The number of anilines is 2. The van der Waals surface area contributed by atoms with Crippen molar-refractivity contribution in [3.63, 3.8) is 0 Å². The van der Waals surface area contributed by atoms with Gasteiger partial charge in [0.05, 0.1) is 5.69 Å². The van der Waals surface area contributed by atoms with Crippen molar-refractivity contribution in [1.29, 1.82) is 0 Å². The number of carbonyl (C=O) groups excluding carboxylic acids is 5. The number of nitrogens with one attached hydrogen (secondary N) is 2. The van der Waals surface area contributed by atoms with Crippen molar-refractivity contribution >= 4 is 64.4 Å². The number of carboxylic acid groups (broad SMARTS) is 1. The zero-order valence-corrected chi connectivity index (χ0v) is 41.1. The zero-order chi connectivity index (χ0) is 50.0. The number of hydrogen-bond donors (Lipinski definition) is 3. The van der Waals surface area contributed by atoms with Gasteiger partial charge in [-0.15, -0.1) is 16.2 Å². The number of hydrogen-bond acceptors (Lipinski definition) is 17. The van der Waals surface area contributed by atoms with Crippen LogP contribution in [0.1, 0.15) is 116 Å². The summed E-state index contributed by atoms with van der Waals surface area (Å²) in [6.07, 6.45) is -3.08. The Kier molecular flexibility index (Phi) is 17.7. The summed E-state index contributed by atoms with van der Waals surface area (Å²) in [5, 5.41) is 20.2. The number of imide groups is 1. The highest BCUT2D eigenvalue weighted by Crippen LogP contribution is 2.29. The third kappa shape index (κ3) is 18.9. The number of imidazole rings is 1. The number of aryl methyl sites for hydroxylation is 1. The molecule has 2 heterocycles. The van der Waals surface area contributed by atoms with Crippen LogP contribution < -0.4 is 20.3 Å². The molecule has 3 rings (SSSR count). The number of oxime groups is 1. The molecule has 0 bridgehead atoms. The maximum absolute atomic E-state index is 13.7. The molecule has 0 aliphatic heterocycles. The van der Waals surface area contributed by atoms with Crippen LogP contribution in [0.5, 0.6) is 5.75 Å². The Bertz CT molecular complexity index is 2190. The van der Waals surface area contributed by atoms with E-state index < -0.39 is 82.7 Å². The lowest BCUT2D eigenvalue weighted by Crippen LogP contribution is -2.45. The van der Waals surface area contributed by atoms with Gasteiger partial charge in [0.25, 0.3) is 6.10 Å². The quantitative estimate of drug-likeness (QED) is 0.0424. The first-order chi connectivity index (χ1) is 30.2. The summed E-state index contributed by atoms with van der Waals surface area (Å²) in [6.45, 7) is 24.9. The van der Waals surface area contributed by atoms with Crippen LogP contribution in [0.25, 0.3) is 11.3 Å². The van der Waals surface area contributed by atoms with Crippen LogP contribution in [0.15, 0.2) is 41.0 Å². The van der Waals surface area contributed by atoms with Gasteiger partial charge in [0, 0.05) is 30.2 Å². The summed E-state index contributed by atoms with van der Waals surface area (Å²) in [4.78, 5) is 92.3. The third-order valence-corrected chi connectivity index (χ3v) is 8.16. The molecule has 66 heavy (non-hydrogen) atoms. The molecule has 0 aliphatic rings. The Morgan fingerprint density at radius 1 is 0.742 bits per heavy atom. The summed E-state index contributed by atoms with van der Waals surface area (Å²) in [6, 6.07) is 6.39. The van der Waals surface area contributed by atoms with E-state index in [1.54, 1.807) is 139 Å². The molecule has 0 saturated heterocycles. The maximum Gasteiger partial charge on any atom is 0.427 e. The molecule has 4 amide bonds. The first-order valence-electron chi connectivity index (χ1n) is 20.9. The fraction of sp³-hybridized carbons (Fsp3) is 0.568. The smallest absolute Gasteiger partial charge is 0.427 e. The lowest BCUT2D eigenvalue weighted by atomic mass is 10.1. The molecule has 0 spiro atoms. The first-order valence-corrected chi connectivity index (χ1v) is 21.8. The highest BCUT2D eigenvalue weighted by atomic mass is 32.1. The van der Waals surface area contributed by atoms with Gasteiger partial charge in [-0.2, -0.15) is 0 Å². The largest absolute Gasteiger partial charge is 0.489 e. The average Bonchev–Trinajstić information content (AvgIpc) is 3.75. The van der Waals surface area contributed by atoms with E-state index in [9.17, 15) is 33.9 Å². The predicted octanol–water partition coefficient (Wildman–Crippen LogP) is 8.54. The lowest BCUT2D eigenvalue weighted by molar-refractivity contribution is -0.170. The van der Waals surface area contributed by atoms with Crippen LogP contribution >= 0.6 is 11.3 Å². The van der Waals surface area contributed by atoms with Gasteiger partial charge in [-0.05, 0) is 135 Å². The van der Waals surface area contributed by atoms with E-state index in [2.05, 4.69) is 25.8 Å². The second-order valence-electron chi connectivity index (χ2n) is 19.6. The predicted molar refractivity (Wildman–Crippen MR) is 244 cm³/mol. The minimum Gasteiger partial charge on any atom is -0.489 e. The summed E-state index contributed by atoms with van der Waals surface area (Å²) in [5.74, 6) is -2.31. The molecule has 0 saturated carbocycles. The van der Waals surface area contributed by atoms with E-state index in [-0.39, 0.29) is 35.6 Å². The molecule has 0 aliphatic carbocycles. The Hall–Kier alpha value is -6.45. The number of alkyl carbamates (subject to hydrolysis) is 1. The van der Waals surface area contributed by atoms with Crippen LogP contribution in [0.2, 0.25) is 0 Å². The van der Waals surface area contributed by atoms with Gasteiger partial charge in [0.2, 0.25) is 11.7 Å². The fourth-order valence-electron chi connectivity index (χ4n) is 5.04. The number of esters is 1. The van der Waals surface area contributed by atoms with Crippen molar-refractivity contribution in [2.75, 3.05) is 23.4 Å². The van der Waals surface area contributed by atoms with Gasteiger partial charge in [-0.3, -0.25) is 5.32 Å². The van der Waals surface area contributed by atoms with Crippen LogP contribution in [0.4, 0.5) is 30.3 Å². The minimum absolute atomic E-state index is 0.0302. The number of nitrogens with zero attached hydrogens (tertiary/aromatic N) is 5. The molecule has 3 N–H and O–H groups in total. The van der Waals surface area contributed by atoms with Crippen molar-refractivity contribution in [3.8, 4) is 17.0 Å². The number of rotatable bonds is 15. The second kappa shape index (κ2) is 21.7. The molecule has 3 aromatic rings. The molecule has 364 valence electrons. The van der Waals surface area contributed by atoms with Crippen LogP contribution in [0.3, 0.4) is 0 Å². The van der Waals surface area contributed by atoms with Gasteiger partial charge < -0.3 is 48.2 Å². The van der Waals surface area contributed by atoms with Crippen molar-refractivity contribution < 1.29 is 67.1 Å². The molecular weight excluding hydrogens is 883 g/mol. The number of aromatic nitrogens is 3. The summed E-state index contributed by atoms with van der Waals surface area (Å²) in [5.41, 5.74) is -4.43. The summed E-state index contributed by atoms with van der Waals surface area (Å²) >= 11 is 0.915. The Balaban J connectivity index is 1.93. The Morgan fingerprint density at radius 3 is 1.79 bits per heavy atom. The number of benzene rings is 1. The van der Waals surface area contributed by atoms with E-state index in [1.165, 1.54) is 5.38 Å². The SMILES string of the molecule is CC(C)(C)OC(=O)NCCCn1cc(-c2ccc(OC[C@H](O/N=C(\C(=O)O)c3csc(NC(=O)OC(C)(C)C)n3)C(=O)OC(C)(C)C)cc2)nc1N(C(=O)OC(C)(C)C)C(=O)OC(C)(C)C. The highest BCUT2D eigenvalue weighted by Gasteiger charge is 2.36. The van der Waals surface area contributed by atoms with Crippen LogP contribution in [-0.2, 0) is 44.7 Å². The number of carboxylic acids is 1. The maximum atomic E-state index is 13.7. The van der Waals surface area contributed by atoms with Gasteiger partial charge in [-0.1, -0.05) is 5.16 Å². The topological polar surface area (TPSA) is 258 Å². The van der Waals surface area contributed by atoms with E-state index in [0.29, 0.717) is 22.6 Å². The molecule has 1 atom stereocenters. The molecule has 0 fully saturated rings. The van der Waals surface area contributed by atoms with Crippen molar-refractivity contribution in [2.24, 2.45) is 5.16 Å². The van der Waals surface area contributed by atoms with Gasteiger partial charge >= 0.3 is 36.3 Å². The van der Waals surface area contributed by atoms with Crippen molar-refractivity contribution in [3.05, 3.63) is 41.5 Å². The molecule has 21 nitrogen and oxygen atoms in total. The zero-order valence-electron chi connectivity index (χ0n) is 40.3. The summed E-state index contributed by atoms with van der Waals surface area (Å²) in [7, 11) is 0. The van der Waals surface area contributed by atoms with Crippen LogP contribution in [-0.4, -0.2) is 109 Å². The number of thiazole rings is 1. The van der Waals surface area contributed by atoms with Crippen LogP contribution in [0, 0.1) is 0 Å². The third-order valence-electron chi connectivity index (χ3n) is 7.40. The minimum atomic E-state index is -1.56. The second-order valence-corrected chi connectivity index (χ2v) is 20.4. The number of ether oxygens (including phenoxy) is 6. The molecule has 2 aromatic heterocycles. The molecular formula is C44H63N7O14S. The number of aliphatic carboxylic acids is 1. The van der Waals surface area contributed by atoms with Gasteiger partial charge in [0.15, 0.2) is 5.13 Å². The summed E-state index contributed by atoms with van der Waals surface area (Å²) < 4.78 is 34.7. The number of amides is 4. The monoisotopic (exact) mass is 945 g/mol. The van der Waals surface area contributed by atoms with E-state index in [1.807, 2.05) is 0 Å². The van der Waals surface area contributed by atoms with E-state index in [0.717, 1.165) is 11.3 Å². The molecule has 0 unspecified atom stereocenters.